The van der Waals surface area contributed by atoms with Crippen LogP contribution in [0.2, 0.25) is 0 Å². The predicted molar refractivity (Wildman–Crippen MR) is 40.9 cm³/mol. The second-order valence-electron chi connectivity index (χ2n) is 1.98. The van der Waals surface area contributed by atoms with Crippen LogP contribution < -0.4 is 10.3 Å². The van der Waals surface area contributed by atoms with Crippen LogP contribution in [0.25, 0.3) is 0 Å². The Morgan fingerprint density at radius 3 is 3.00 bits per heavy atom. The summed E-state index contributed by atoms with van der Waals surface area (Å²) in [5.74, 6) is -0.0929. The summed E-state index contributed by atoms with van der Waals surface area (Å²) in [5.41, 5.74) is 0.225. The van der Waals surface area contributed by atoms with E-state index < -0.39 is 5.97 Å². The monoisotopic (exact) mass is 147 g/mol. The highest BCUT2D eigenvalue weighted by molar-refractivity contribution is 6.32. The zero-order valence-electron chi connectivity index (χ0n) is 6.07. The van der Waals surface area contributed by atoms with Crippen molar-refractivity contribution in [2.75, 3.05) is 0 Å². The summed E-state index contributed by atoms with van der Waals surface area (Å²) in [6.45, 7) is 1.31. The number of hydrogen-bond donors (Lipinski definition) is 0. The molecule has 0 aliphatic rings. The van der Waals surface area contributed by atoms with Crippen LogP contribution in [-0.4, -0.2) is 18.8 Å². The quantitative estimate of drug-likeness (QED) is 0.407. The molecule has 0 aliphatic heterocycles. The van der Waals surface area contributed by atoms with Gasteiger partial charge in [-0.25, -0.2) is 0 Å². The number of rotatable bonds is 1. The van der Waals surface area contributed by atoms with E-state index in [1.807, 2.05) is 0 Å². The van der Waals surface area contributed by atoms with Crippen molar-refractivity contribution in [1.29, 1.82) is 0 Å². The summed E-state index contributed by atoms with van der Waals surface area (Å²) in [5, 5.41) is 0. The minimum absolute atomic E-state index is 0.225. The number of nitrogens with zero attached hydrogens (tertiary/aromatic N) is 1. The van der Waals surface area contributed by atoms with Crippen LogP contribution in [0.3, 0.4) is 0 Å². The summed E-state index contributed by atoms with van der Waals surface area (Å²) in [6, 6.07) is 3.23. The van der Waals surface area contributed by atoms with Gasteiger partial charge in [0.05, 0.1) is 0 Å². The lowest BCUT2D eigenvalue weighted by Gasteiger charge is -2.02. The summed E-state index contributed by atoms with van der Waals surface area (Å²) < 4.78 is 4.72. The Hall–Kier alpha value is -1.32. The standard InChI is InChI=1S/C7H6BNO2/c1-5(10)11-6-3-2-4-9-7(6)8/h2-4H,1H3. The zero-order chi connectivity index (χ0) is 8.27. The van der Waals surface area contributed by atoms with Crippen molar-refractivity contribution in [3.63, 3.8) is 0 Å². The Morgan fingerprint density at radius 1 is 1.73 bits per heavy atom. The second kappa shape index (κ2) is 3.19. The maximum atomic E-state index is 10.5. The van der Waals surface area contributed by atoms with Gasteiger partial charge < -0.3 is 4.74 Å². The molecule has 1 aromatic rings. The first-order chi connectivity index (χ1) is 5.20. The summed E-state index contributed by atoms with van der Waals surface area (Å²) in [4.78, 5) is 14.2. The van der Waals surface area contributed by atoms with Gasteiger partial charge in [-0.2, -0.15) is 0 Å². The van der Waals surface area contributed by atoms with Crippen molar-refractivity contribution in [2.24, 2.45) is 0 Å². The zero-order valence-corrected chi connectivity index (χ0v) is 6.07. The molecule has 0 N–H and O–H groups in total. The Morgan fingerprint density at radius 2 is 2.45 bits per heavy atom. The minimum Gasteiger partial charge on any atom is -0.426 e. The fraction of sp³-hybridized carbons (Fsp3) is 0.143. The van der Waals surface area contributed by atoms with E-state index in [9.17, 15) is 4.79 Å². The predicted octanol–water partition coefficient (Wildman–Crippen LogP) is -0.199. The fourth-order valence-corrected chi connectivity index (χ4v) is 0.644. The van der Waals surface area contributed by atoms with Gasteiger partial charge in [-0.3, -0.25) is 9.78 Å². The SMILES string of the molecule is [B]c1ncccc1OC(C)=O. The van der Waals surface area contributed by atoms with E-state index in [0.717, 1.165) is 0 Å². The van der Waals surface area contributed by atoms with Crippen LogP contribution in [0.1, 0.15) is 6.92 Å². The molecule has 0 spiro atoms. The second-order valence-corrected chi connectivity index (χ2v) is 1.98. The molecule has 54 valence electrons. The molecular weight excluding hydrogens is 141 g/mol. The van der Waals surface area contributed by atoms with Crippen LogP contribution in [-0.2, 0) is 4.79 Å². The first kappa shape index (κ1) is 7.79. The Balaban J connectivity index is 2.86. The van der Waals surface area contributed by atoms with Crippen LogP contribution in [0, 0.1) is 0 Å². The van der Waals surface area contributed by atoms with Crippen LogP contribution in [0.5, 0.6) is 5.75 Å². The molecule has 0 unspecified atom stereocenters. The number of pyridine rings is 1. The normalized spacial score (nSPS) is 9.18. The third kappa shape index (κ3) is 2.07. The molecule has 0 saturated heterocycles. The largest absolute Gasteiger partial charge is 0.426 e. The Labute approximate surface area is 65.8 Å². The van der Waals surface area contributed by atoms with Gasteiger partial charge in [0.15, 0.2) is 0 Å². The van der Waals surface area contributed by atoms with Crippen LogP contribution in [0.4, 0.5) is 0 Å². The first-order valence-corrected chi connectivity index (χ1v) is 3.09. The molecule has 1 rings (SSSR count). The highest BCUT2D eigenvalue weighted by Crippen LogP contribution is 2.02. The number of aromatic nitrogens is 1. The van der Waals surface area contributed by atoms with Gasteiger partial charge >= 0.3 is 5.97 Å². The lowest BCUT2D eigenvalue weighted by atomic mass is 10.0. The molecule has 0 bridgehead atoms. The molecule has 0 aromatic carbocycles. The average molecular weight is 147 g/mol. The van der Waals surface area contributed by atoms with E-state index >= 15 is 0 Å². The first-order valence-electron chi connectivity index (χ1n) is 3.09. The molecule has 0 atom stereocenters. The topological polar surface area (TPSA) is 39.2 Å². The third-order valence-electron chi connectivity index (χ3n) is 1.05. The maximum absolute atomic E-state index is 10.5. The number of hydrogen-bond acceptors (Lipinski definition) is 3. The number of ether oxygens (including phenoxy) is 1. The van der Waals surface area contributed by atoms with E-state index in [1.54, 1.807) is 12.1 Å². The lowest BCUT2D eigenvalue weighted by molar-refractivity contribution is -0.131. The molecule has 4 heteroatoms. The van der Waals surface area contributed by atoms with Crippen LogP contribution >= 0.6 is 0 Å². The molecule has 2 radical (unpaired) electrons. The molecular formula is C7H6BNO2. The van der Waals surface area contributed by atoms with Crippen molar-refractivity contribution < 1.29 is 9.53 Å². The van der Waals surface area contributed by atoms with Crippen molar-refractivity contribution >= 4 is 19.4 Å². The van der Waals surface area contributed by atoms with Gasteiger partial charge in [0.2, 0.25) is 0 Å². The van der Waals surface area contributed by atoms with E-state index in [-0.39, 0.29) is 5.59 Å². The highest BCUT2D eigenvalue weighted by Gasteiger charge is 1.99. The van der Waals surface area contributed by atoms with Crippen molar-refractivity contribution in [2.45, 2.75) is 6.92 Å². The van der Waals surface area contributed by atoms with Crippen LogP contribution in [0.15, 0.2) is 18.3 Å². The minimum atomic E-state index is -0.398. The van der Waals surface area contributed by atoms with Crippen molar-refractivity contribution in [1.82, 2.24) is 4.98 Å². The van der Waals surface area contributed by atoms with Gasteiger partial charge in [-0.1, -0.05) is 0 Å². The molecule has 1 heterocycles. The Bertz CT molecular complexity index is 275. The fourth-order valence-electron chi connectivity index (χ4n) is 0.644. The van der Waals surface area contributed by atoms with E-state index in [2.05, 4.69) is 4.98 Å². The Kier molecular flexibility index (Phi) is 2.26. The maximum Gasteiger partial charge on any atom is 0.308 e. The number of carbonyl (C=O) groups excluding carboxylic acids is 1. The van der Waals surface area contributed by atoms with Crippen molar-refractivity contribution in [3.05, 3.63) is 18.3 Å². The molecule has 0 fully saturated rings. The van der Waals surface area contributed by atoms with E-state index in [1.165, 1.54) is 13.1 Å². The number of carbonyl (C=O) groups is 1. The molecule has 1 aromatic heterocycles. The highest BCUT2D eigenvalue weighted by atomic mass is 16.5. The van der Waals surface area contributed by atoms with Gasteiger partial charge in [0.25, 0.3) is 0 Å². The summed E-state index contributed by atoms with van der Waals surface area (Å²) in [7, 11) is 5.38. The average Bonchev–Trinajstić information content (AvgIpc) is 1.93. The van der Waals surface area contributed by atoms with E-state index in [0.29, 0.717) is 5.75 Å². The third-order valence-corrected chi connectivity index (χ3v) is 1.05. The summed E-state index contributed by atoms with van der Waals surface area (Å²) >= 11 is 0. The molecule has 3 nitrogen and oxygen atoms in total. The van der Waals surface area contributed by atoms with Gasteiger partial charge in [-0.05, 0) is 12.1 Å². The lowest BCUT2D eigenvalue weighted by Crippen LogP contribution is -2.14. The van der Waals surface area contributed by atoms with Gasteiger partial charge in [-0.15, -0.1) is 0 Å². The van der Waals surface area contributed by atoms with E-state index in [4.69, 9.17) is 12.6 Å². The molecule has 0 aliphatic carbocycles. The molecule has 0 amide bonds. The summed E-state index contributed by atoms with van der Waals surface area (Å²) in [6.07, 6.45) is 1.53. The van der Waals surface area contributed by atoms with Gasteiger partial charge in [0.1, 0.15) is 13.6 Å². The van der Waals surface area contributed by atoms with Gasteiger partial charge in [0, 0.05) is 18.7 Å². The molecule has 0 saturated carbocycles. The molecule has 11 heavy (non-hydrogen) atoms. The number of esters is 1. The van der Waals surface area contributed by atoms with Crippen molar-refractivity contribution in [3.8, 4) is 5.75 Å². The smallest absolute Gasteiger partial charge is 0.308 e.